The molecule has 0 radical (unpaired) electrons. The first-order valence-electron chi connectivity index (χ1n) is 6.30. The maximum atomic E-state index is 11.7. The molecule has 0 heterocycles. The molecule has 102 valence electrons. The Labute approximate surface area is 114 Å². The zero-order valence-electron chi connectivity index (χ0n) is 11.9. The molecular formula is C15H20N2O2. The normalized spacial score (nSPS) is 10.9. The molecule has 0 atom stereocenters. The molecule has 1 amide bonds. The fourth-order valence-corrected chi connectivity index (χ4v) is 1.41. The monoisotopic (exact) mass is 260 g/mol. The van der Waals surface area contributed by atoms with Crippen LogP contribution in [0.25, 0.3) is 0 Å². The molecule has 0 aliphatic rings. The zero-order valence-corrected chi connectivity index (χ0v) is 11.9. The molecule has 0 spiro atoms. The van der Waals surface area contributed by atoms with Gasteiger partial charge in [-0.1, -0.05) is 12.1 Å². The van der Waals surface area contributed by atoms with Crippen molar-refractivity contribution in [1.29, 1.82) is 5.26 Å². The maximum absolute atomic E-state index is 11.7. The summed E-state index contributed by atoms with van der Waals surface area (Å²) in [7, 11) is 0. The van der Waals surface area contributed by atoms with Crippen molar-refractivity contribution in [3.8, 4) is 11.8 Å². The van der Waals surface area contributed by atoms with E-state index in [0.29, 0.717) is 6.54 Å². The molecular weight excluding hydrogens is 240 g/mol. The van der Waals surface area contributed by atoms with Crippen LogP contribution in [0.3, 0.4) is 0 Å². The lowest BCUT2D eigenvalue weighted by Gasteiger charge is -2.15. The van der Waals surface area contributed by atoms with Crippen LogP contribution in [0, 0.1) is 16.7 Å². The number of hydrogen-bond acceptors (Lipinski definition) is 3. The van der Waals surface area contributed by atoms with Crippen molar-refractivity contribution in [2.45, 2.75) is 40.3 Å². The molecule has 0 saturated carbocycles. The molecule has 19 heavy (non-hydrogen) atoms. The predicted octanol–water partition coefficient (Wildman–Crippen LogP) is 2.64. The minimum Gasteiger partial charge on any atom is -0.491 e. The second kappa shape index (κ2) is 6.24. The summed E-state index contributed by atoms with van der Waals surface area (Å²) < 4.78 is 5.54. The number of rotatable bonds is 5. The molecule has 1 rings (SSSR count). The molecule has 0 fully saturated rings. The van der Waals surface area contributed by atoms with E-state index >= 15 is 0 Å². The highest BCUT2D eigenvalue weighted by Crippen LogP contribution is 2.15. The van der Waals surface area contributed by atoms with Gasteiger partial charge in [0.2, 0.25) is 5.91 Å². The van der Waals surface area contributed by atoms with Crippen molar-refractivity contribution in [1.82, 2.24) is 5.32 Å². The zero-order chi connectivity index (χ0) is 14.5. The van der Waals surface area contributed by atoms with Crippen molar-refractivity contribution in [3.63, 3.8) is 0 Å². The number of carbonyl (C=O) groups is 1. The van der Waals surface area contributed by atoms with Gasteiger partial charge in [-0.2, -0.15) is 5.26 Å². The van der Waals surface area contributed by atoms with Gasteiger partial charge >= 0.3 is 0 Å². The molecule has 0 saturated heterocycles. The van der Waals surface area contributed by atoms with Gasteiger partial charge in [-0.05, 0) is 45.4 Å². The number of hydrogen-bond donors (Lipinski definition) is 1. The average molecular weight is 260 g/mol. The van der Waals surface area contributed by atoms with Gasteiger partial charge in [0.05, 0.1) is 12.2 Å². The van der Waals surface area contributed by atoms with Crippen LogP contribution < -0.4 is 10.1 Å². The maximum Gasteiger partial charge on any atom is 0.240 e. The first-order chi connectivity index (χ1) is 8.85. The van der Waals surface area contributed by atoms with Crippen molar-refractivity contribution in [2.24, 2.45) is 5.41 Å². The first-order valence-corrected chi connectivity index (χ1v) is 6.30. The van der Waals surface area contributed by atoms with Crippen LogP contribution in [0.15, 0.2) is 24.3 Å². The summed E-state index contributed by atoms with van der Waals surface area (Å²) >= 11 is 0. The van der Waals surface area contributed by atoms with Crippen LogP contribution in [0.5, 0.6) is 5.75 Å². The average Bonchev–Trinajstić information content (AvgIpc) is 2.36. The van der Waals surface area contributed by atoms with Gasteiger partial charge in [-0.15, -0.1) is 0 Å². The van der Waals surface area contributed by atoms with Crippen LogP contribution in [0.2, 0.25) is 0 Å². The quantitative estimate of drug-likeness (QED) is 0.885. The minimum atomic E-state index is -0.999. The van der Waals surface area contributed by atoms with Gasteiger partial charge in [0.1, 0.15) is 11.2 Å². The van der Waals surface area contributed by atoms with E-state index in [1.165, 1.54) is 0 Å². The van der Waals surface area contributed by atoms with Crippen LogP contribution in [0.1, 0.15) is 33.3 Å². The minimum absolute atomic E-state index is 0.141. The second-order valence-corrected chi connectivity index (χ2v) is 5.23. The molecule has 0 unspecified atom stereocenters. The van der Waals surface area contributed by atoms with Crippen LogP contribution >= 0.6 is 0 Å². The third-order valence-electron chi connectivity index (χ3n) is 2.60. The largest absolute Gasteiger partial charge is 0.491 e. The van der Waals surface area contributed by atoms with Gasteiger partial charge in [-0.3, -0.25) is 4.79 Å². The molecule has 0 bridgehead atoms. The van der Waals surface area contributed by atoms with Gasteiger partial charge in [0, 0.05) is 6.54 Å². The highest BCUT2D eigenvalue weighted by Gasteiger charge is 2.26. The van der Waals surface area contributed by atoms with Gasteiger partial charge in [-0.25, -0.2) is 0 Å². The first kappa shape index (κ1) is 15.0. The van der Waals surface area contributed by atoms with E-state index in [0.717, 1.165) is 11.3 Å². The fraction of sp³-hybridized carbons (Fsp3) is 0.467. The van der Waals surface area contributed by atoms with Gasteiger partial charge < -0.3 is 10.1 Å². The Kier molecular flexibility index (Phi) is 4.94. The number of nitrogens with one attached hydrogen (secondary N) is 1. The summed E-state index contributed by atoms with van der Waals surface area (Å²) in [5.41, 5.74) is -0.0288. The van der Waals surface area contributed by atoms with E-state index in [1.54, 1.807) is 13.8 Å². The topological polar surface area (TPSA) is 62.1 Å². The van der Waals surface area contributed by atoms with Crippen molar-refractivity contribution >= 4 is 5.91 Å². The van der Waals surface area contributed by atoms with Crippen LogP contribution in [-0.2, 0) is 11.3 Å². The lowest BCUT2D eigenvalue weighted by atomic mass is 9.95. The van der Waals surface area contributed by atoms with Crippen LogP contribution in [0.4, 0.5) is 0 Å². The molecule has 4 nitrogen and oxygen atoms in total. The molecule has 0 aromatic heterocycles. The molecule has 1 aromatic carbocycles. The molecule has 4 heteroatoms. The summed E-state index contributed by atoms with van der Waals surface area (Å²) in [4.78, 5) is 11.7. The molecule has 1 N–H and O–H groups in total. The SMILES string of the molecule is CC(C)Oc1ccc(CNC(=O)C(C)(C)C#N)cc1. The van der Waals surface area contributed by atoms with Crippen LogP contribution in [-0.4, -0.2) is 12.0 Å². The Bertz CT molecular complexity index is 470. The lowest BCUT2D eigenvalue weighted by Crippen LogP contribution is -2.35. The summed E-state index contributed by atoms with van der Waals surface area (Å²) in [6, 6.07) is 9.52. The smallest absolute Gasteiger partial charge is 0.240 e. The Balaban J connectivity index is 2.56. The lowest BCUT2D eigenvalue weighted by molar-refractivity contribution is -0.126. The molecule has 0 aliphatic carbocycles. The number of amides is 1. The van der Waals surface area contributed by atoms with Crippen molar-refractivity contribution < 1.29 is 9.53 Å². The Morgan fingerprint density at radius 2 is 1.95 bits per heavy atom. The van der Waals surface area contributed by atoms with E-state index in [4.69, 9.17) is 10.00 Å². The van der Waals surface area contributed by atoms with E-state index in [9.17, 15) is 4.79 Å². The molecule has 0 aliphatic heterocycles. The third kappa shape index (κ3) is 4.63. The summed E-state index contributed by atoms with van der Waals surface area (Å²) in [6.45, 7) is 7.55. The molecule has 1 aromatic rings. The van der Waals surface area contributed by atoms with Gasteiger partial charge in [0.15, 0.2) is 0 Å². The Morgan fingerprint density at radius 3 is 2.42 bits per heavy atom. The van der Waals surface area contributed by atoms with E-state index in [1.807, 2.05) is 44.2 Å². The Morgan fingerprint density at radius 1 is 1.37 bits per heavy atom. The van der Waals surface area contributed by atoms with Crippen molar-refractivity contribution in [3.05, 3.63) is 29.8 Å². The van der Waals surface area contributed by atoms with E-state index in [-0.39, 0.29) is 12.0 Å². The second-order valence-electron chi connectivity index (χ2n) is 5.23. The fourth-order valence-electron chi connectivity index (χ4n) is 1.41. The number of nitriles is 1. The Hall–Kier alpha value is -2.02. The number of benzene rings is 1. The highest BCUT2D eigenvalue weighted by molar-refractivity contribution is 5.84. The summed E-state index contributed by atoms with van der Waals surface area (Å²) in [6.07, 6.45) is 0.141. The predicted molar refractivity (Wildman–Crippen MR) is 73.4 cm³/mol. The number of ether oxygens (including phenoxy) is 1. The highest BCUT2D eigenvalue weighted by atomic mass is 16.5. The summed E-state index contributed by atoms with van der Waals surface area (Å²) in [5.74, 6) is 0.542. The number of carbonyl (C=O) groups excluding carboxylic acids is 1. The standard InChI is InChI=1S/C15H20N2O2/c1-11(2)19-13-7-5-12(6-8-13)9-17-14(18)15(3,4)10-16/h5-8,11H,9H2,1-4H3,(H,17,18). The third-order valence-corrected chi connectivity index (χ3v) is 2.60. The summed E-state index contributed by atoms with van der Waals surface area (Å²) in [5, 5.41) is 11.6. The van der Waals surface area contributed by atoms with Gasteiger partial charge in [0.25, 0.3) is 0 Å². The van der Waals surface area contributed by atoms with E-state index in [2.05, 4.69) is 5.32 Å². The van der Waals surface area contributed by atoms with Crippen molar-refractivity contribution in [2.75, 3.05) is 0 Å². The van der Waals surface area contributed by atoms with E-state index < -0.39 is 5.41 Å². The number of nitrogens with zero attached hydrogens (tertiary/aromatic N) is 1.